The molecule has 1 saturated carbocycles. The fourth-order valence-corrected chi connectivity index (χ4v) is 3.88. The van der Waals surface area contributed by atoms with Gasteiger partial charge < -0.3 is 20.9 Å². The van der Waals surface area contributed by atoms with Gasteiger partial charge in [-0.3, -0.25) is 4.79 Å². The van der Waals surface area contributed by atoms with Crippen LogP contribution in [0.4, 0.5) is 17.2 Å². The number of aromatic amines is 1. The van der Waals surface area contributed by atoms with E-state index < -0.39 is 0 Å². The Morgan fingerprint density at radius 3 is 2.79 bits per heavy atom. The Morgan fingerprint density at radius 1 is 1.21 bits per heavy atom. The molecule has 0 unspecified atom stereocenters. The molecule has 3 aromatic rings. The molecule has 28 heavy (non-hydrogen) atoms. The third-order valence-corrected chi connectivity index (χ3v) is 5.50. The zero-order chi connectivity index (χ0) is 19.1. The van der Waals surface area contributed by atoms with Gasteiger partial charge in [0.1, 0.15) is 5.82 Å². The van der Waals surface area contributed by atoms with Gasteiger partial charge in [-0.05, 0) is 43.0 Å². The van der Waals surface area contributed by atoms with Crippen molar-refractivity contribution >= 4 is 23.1 Å². The molecule has 0 spiro atoms. The fourth-order valence-electron chi connectivity index (χ4n) is 3.88. The summed E-state index contributed by atoms with van der Waals surface area (Å²) in [6.45, 7) is 1.64. The Balaban J connectivity index is 1.60. The number of nitrogens with one attached hydrogen (secondary N) is 2. The standard InChI is InChI=1S/C22H23N5O/c23-18-12-15(8-10-24-18)20-21(25-16-4-2-1-3-5-16)19-17(26-20)9-11-27(22(19)28)13-14-6-7-14/h1-5,8,10,12,14,25-26H,6-7,9,11,13H2,(H2,23,24). The molecule has 0 bridgehead atoms. The van der Waals surface area contributed by atoms with E-state index >= 15 is 0 Å². The van der Waals surface area contributed by atoms with E-state index in [1.54, 1.807) is 6.20 Å². The van der Waals surface area contributed by atoms with Gasteiger partial charge in [0, 0.05) is 42.7 Å². The average Bonchev–Trinajstić information content (AvgIpc) is 3.45. The number of rotatable bonds is 5. The molecule has 6 heteroatoms. The van der Waals surface area contributed by atoms with Crippen molar-refractivity contribution in [2.45, 2.75) is 19.3 Å². The number of aromatic nitrogens is 2. The van der Waals surface area contributed by atoms with E-state index in [1.807, 2.05) is 47.4 Å². The number of nitrogens with zero attached hydrogens (tertiary/aromatic N) is 2. The first-order chi connectivity index (χ1) is 13.7. The lowest BCUT2D eigenvalue weighted by atomic mass is 10.0. The summed E-state index contributed by atoms with van der Waals surface area (Å²) >= 11 is 0. The van der Waals surface area contributed by atoms with E-state index in [0.717, 1.165) is 53.4 Å². The zero-order valence-electron chi connectivity index (χ0n) is 15.6. The fraction of sp³-hybridized carbons (Fsp3) is 0.273. The number of H-pyrrole nitrogens is 1. The smallest absolute Gasteiger partial charge is 0.257 e. The zero-order valence-corrected chi connectivity index (χ0v) is 15.6. The van der Waals surface area contributed by atoms with Gasteiger partial charge in [-0.15, -0.1) is 0 Å². The van der Waals surface area contributed by atoms with E-state index in [9.17, 15) is 4.79 Å². The molecule has 3 heterocycles. The highest BCUT2D eigenvalue weighted by Crippen LogP contribution is 2.39. The van der Waals surface area contributed by atoms with Gasteiger partial charge in [0.2, 0.25) is 0 Å². The molecule has 6 nitrogen and oxygen atoms in total. The van der Waals surface area contributed by atoms with Crippen molar-refractivity contribution in [3.05, 3.63) is 59.9 Å². The Bertz CT molecular complexity index is 1020. The molecular formula is C22H23N5O. The summed E-state index contributed by atoms with van der Waals surface area (Å²) < 4.78 is 0. The molecule has 1 aliphatic heterocycles. The lowest BCUT2D eigenvalue weighted by Crippen LogP contribution is -2.38. The summed E-state index contributed by atoms with van der Waals surface area (Å²) in [5, 5.41) is 3.48. The van der Waals surface area contributed by atoms with Crippen molar-refractivity contribution in [2.24, 2.45) is 5.92 Å². The van der Waals surface area contributed by atoms with E-state index in [2.05, 4.69) is 15.3 Å². The minimum atomic E-state index is 0.108. The van der Waals surface area contributed by atoms with Gasteiger partial charge in [-0.1, -0.05) is 18.2 Å². The van der Waals surface area contributed by atoms with Crippen molar-refractivity contribution < 1.29 is 4.79 Å². The van der Waals surface area contributed by atoms with Crippen LogP contribution in [0.25, 0.3) is 11.3 Å². The highest BCUT2D eigenvalue weighted by molar-refractivity contribution is 6.06. The van der Waals surface area contributed by atoms with Crippen LogP contribution < -0.4 is 11.1 Å². The van der Waals surface area contributed by atoms with Gasteiger partial charge in [0.25, 0.3) is 5.91 Å². The second-order valence-corrected chi connectivity index (χ2v) is 7.63. The van der Waals surface area contributed by atoms with Crippen molar-refractivity contribution in [1.29, 1.82) is 0 Å². The lowest BCUT2D eigenvalue weighted by molar-refractivity contribution is 0.0732. The van der Waals surface area contributed by atoms with Crippen LogP contribution >= 0.6 is 0 Å². The van der Waals surface area contributed by atoms with Crippen LogP contribution in [0.15, 0.2) is 48.7 Å². The van der Waals surface area contributed by atoms with Crippen LogP contribution in [0, 0.1) is 5.92 Å². The number of hydrogen-bond acceptors (Lipinski definition) is 4. The number of fused-ring (bicyclic) bond motifs is 1. The second-order valence-electron chi connectivity index (χ2n) is 7.63. The number of hydrogen-bond donors (Lipinski definition) is 3. The monoisotopic (exact) mass is 373 g/mol. The van der Waals surface area contributed by atoms with Gasteiger partial charge in [0.05, 0.1) is 16.9 Å². The topological polar surface area (TPSA) is 87.0 Å². The van der Waals surface area contributed by atoms with Crippen LogP contribution in [0.2, 0.25) is 0 Å². The van der Waals surface area contributed by atoms with Gasteiger partial charge in [-0.2, -0.15) is 0 Å². The molecule has 0 radical (unpaired) electrons. The molecule has 1 amide bonds. The normalized spacial score (nSPS) is 16.1. The molecule has 5 rings (SSSR count). The highest BCUT2D eigenvalue weighted by atomic mass is 16.2. The molecular weight excluding hydrogens is 350 g/mol. The van der Waals surface area contributed by atoms with Crippen molar-refractivity contribution in [3.8, 4) is 11.3 Å². The molecule has 2 aromatic heterocycles. The summed E-state index contributed by atoms with van der Waals surface area (Å²) in [5.74, 6) is 1.24. The van der Waals surface area contributed by atoms with Crippen LogP contribution in [-0.2, 0) is 6.42 Å². The summed E-state index contributed by atoms with van der Waals surface area (Å²) in [4.78, 5) is 22.9. The maximum Gasteiger partial charge on any atom is 0.257 e. The first-order valence-corrected chi connectivity index (χ1v) is 9.77. The van der Waals surface area contributed by atoms with E-state index in [4.69, 9.17) is 5.73 Å². The summed E-state index contributed by atoms with van der Waals surface area (Å²) in [5.41, 5.74) is 11.2. The minimum absolute atomic E-state index is 0.108. The SMILES string of the molecule is Nc1cc(-c2[nH]c3c(c2Nc2ccccc2)C(=O)N(CC2CC2)CC3)ccn1. The Kier molecular flexibility index (Phi) is 4.04. The van der Waals surface area contributed by atoms with Gasteiger partial charge in [-0.25, -0.2) is 4.98 Å². The predicted molar refractivity (Wildman–Crippen MR) is 110 cm³/mol. The molecule has 1 aliphatic carbocycles. The van der Waals surface area contributed by atoms with Crippen LogP contribution in [0.5, 0.6) is 0 Å². The number of benzene rings is 1. The minimum Gasteiger partial charge on any atom is -0.384 e. The number of anilines is 3. The third-order valence-electron chi connectivity index (χ3n) is 5.50. The Hall–Kier alpha value is -3.28. The molecule has 1 fully saturated rings. The van der Waals surface area contributed by atoms with Crippen molar-refractivity contribution in [1.82, 2.24) is 14.9 Å². The Morgan fingerprint density at radius 2 is 2.04 bits per heavy atom. The molecule has 0 saturated heterocycles. The van der Waals surface area contributed by atoms with Crippen molar-refractivity contribution in [2.75, 3.05) is 24.1 Å². The van der Waals surface area contributed by atoms with Crippen molar-refractivity contribution in [3.63, 3.8) is 0 Å². The maximum atomic E-state index is 13.3. The first-order valence-electron chi connectivity index (χ1n) is 9.77. The molecule has 4 N–H and O–H groups in total. The molecule has 0 atom stereocenters. The largest absolute Gasteiger partial charge is 0.384 e. The van der Waals surface area contributed by atoms with Gasteiger partial charge >= 0.3 is 0 Å². The van der Waals surface area contributed by atoms with Crippen LogP contribution in [0.3, 0.4) is 0 Å². The number of para-hydroxylation sites is 1. The highest BCUT2D eigenvalue weighted by Gasteiger charge is 2.34. The van der Waals surface area contributed by atoms with E-state index in [-0.39, 0.29) is 5.91 Å². The molecule has 142 valence electrons. The average molecular weight is 373 g/mol. The molecule has 1 aromatic carbocycles. The number of nitrogen functional groups attached to an aromatic ring is 1. The van der Waals surface area contributed by atoms with Gasteiger partial charge in [0.15, 0.2) is 0 Å². The quantitative estimate of drug-likeness (QED) is 0.635. The van der Waals surface area contributed by atoms with E-state index in [0.29, 0.717) is 11.7 Å². The number of amides is 1. The second kappa shape index (κ2) is 6.71. The summed E-state index contributed by atoms with van der Waals surface area (Å²) in [6.07, 6.45) is 5.00. The molecule has 2 aliphatic rings. The number of nitrogens with two attached hydrogens (primary N) is 1. The maximum absolute atomic E-state index is 13.3. The lowest BCUT2D eigenvalue weighted by Gasteiger charge is -2.27. The summed E-state index contributed by atoms with van der Waals surface area (Å²) in [6, 6.07) is 13.7. The predicted octanol–water partition coefficient (Wildman–Crippen LogP) is 3.81. The number of carbonyl (C=O) groups excluding carboxylic acids is 1. The first kappa shape index (κ1) is 16.9. The Labute approximate surface area is 163 Å². The van der Waals surface area contributed by atoms with Crippen LogP contribution in [-0.4, -0.2) is 33.9 Å². The number of carbonyl (C=O) groups is 1. The van der Waals surface area contributed by atoms with E-state index in [1.165, 1.54) is 12.8 Å². The third kappa shape index (κ3) is 3.11. The summed E-state index contributed by atoms with van der Waals surface area (Å²) in [7, 11) is 0. The van der Waals surface area contributed by atoms with Crippen LogP contribution in [0.1, 0.15) is 28.9 Å². The number of pyridine rings is 1.